The Balaban J connectivity index is 0.000000159. The maximum absolute atomic E-state index is 11.1. The maximum atomic E-state index is 11.1. The minimum atomic E-state index is -0.302. The van der Waals surface area contributed by atoms with Crippen LogP contribution in [-0.2, 0) is 17.6 Å². The summed E-state index contributed by atoms with van der Waals surface area (Å²) in [4.78, 5) is 11.1. The highest BCUT2D eigenvalue weighted by molar-refractivity contribution is 5.94. The van der Waals surface area contributed by atoms with Crippen molar-refractivity contribution in [3.63, 3.8) is 0 Å². The van der Waals surface area contributed by atoms with Crippen LogP contribution < -0.4 is 0 Å². The Hall–Kier alpha value is -4.10. The average molecular weight is 447 g/mol. The van der Waals surface area contributed by atoms with Gasteiger partial charge in [-0.1, -0.05) is 48.1 Å². The van der Waals surface area contributed by atoms with Gasteiger partial charge in [0.2, 0.25) is 0 Å². The van der Waals surface area contributed by atoms with Crippen molar-refractivity contribution in [2.45, 2.75) is 32.1 Å². The molecule has 0 aliphatic heterocycles. The van der Waals surface area contributed by atoms with Crippen LogP contribution in [0.1, 0.15) is 46.3 Å². The fraction of sp³-hybridized carbons (Fsp3) is 0.200. The molecule has 0 saturated heterocycles. The Morgan fingerprint density at radius 1 is 1.09 bits per heavy atom. The molecule has 0 bridgehead atoms. The number of carbonyl (C=O) groups is 1. The van der Waals surface area contributed by atoms with Crippen LogP contribution in [0.25, 0.3) is 21.9 Å². The van der Waals surface area contributed by atoms with Crippen LogP contribution in [-0.4, -0.2) is 17.5 Å². The number of allylic oxidation sites excluding steroid dienone is 4. The van der Waals surface area contributed by atoms with E-state index >= 15 is 0 Å². The van der Waals surface area contributed by atoms with Crippen molar-refractivity contribution in [2.24, 2.45) is 0 Å². The second kappa shape index (κ2) is 9.41. The molecule has 4 heteroatoms. The van der Waals surface area contributed by atoms with E-state index in [-0.39, 0.29) is 5.97 Å². The lowest BCUT2D eigenvalue weighted by Gasteiger charge is -2.25. The van der Waals surface area contributed by atoms with Gasteiger partial charge in [0.25, 0.3) is 0 Å². The van der Waals surface area contributed by atoms with E-state index < -0.39 is 0 Å². The first-order chi connectivity index (χ1) is 16.7. The molecule has 0 radical (unpaired) electrons. The van der Waals surface area contributed by atoms with Gasteiger partial charge >= 0.3 is 5.97 Å². The lowest BCUT2D eigenvalue weighted by atomic mass is 9.79. The lowest BCUT2D eigenvalue weighted by Crippen LogP contribution is -2.07. The molecule has 0 saturated carbocycles. The summed E-state index contributed by atoms with van der Waals surface area (Å²) < 4.78 is 6.49. The zero-order chi connectivity index (χ0) is 23.5. The number of aromatic nitrogens is 1. The number of nitriles is 1. The van der Waals surface area contributed by atoms with Gasteiger partial charge in [0.1, 0.15) is 0 Å². The van der Waals surface area contributed by atoms with Gasteiger partial charge in [-0.3, -0.25) is 0 Å². The van der Waals surface area contributed by atoms with Crippen LogP contribution in [0.15, 0.2) is 84.7 Å². The van der Waals surface area contributed by atoms with Gasteiger partial charge in [-0.2, -0.15) is 5.26 Å². The Labute approximate surface area is 199 Å². The van der Waals surface area contributed by atoms with Crippen molar-refractivity contribution in [3.8, 4) is 6.07 Å². The standard InChI is InChI=1S/C20H17N.C10H9NO2/c21-12-11-14-5-6-16-8-9-18-17-4-2-1-3-15(17)7-10-19(18)20(16)13-14;1-13-10(12)8-6-9-4-2-3-5-11(9)7-8/h2,4-6,8-9,13H,1,3,7,10-11H2;2-7H,1H3. The summed E-state index contributed by atoms with van der Waals surface area (Å²) in [5.74, 6) is -0.302. The molecule has 168 valence electrons. The summed E-state index contributed by atoms with van der Waals surface area (Å²) in [5, 5.41) is 11.5. The second-order valence-electron chi connectivity index (χ2n) is 8.69. The zero-order valence-corrected chi connectivity index (χ0v) is 19.3. The molecule has 2 aliphatic carbocycles. The van der Waals surface area contributed by atoms with Crippen LogP contribution in [0, 0.1) is 11.3 Å². The molecule has 0 fully saturated rings. The van der Waals surface area contributed by atoms with Crippen LogP contribution in [0.3, 0.4) is 0 Å². The highest BCUT2D eigenvalue weighted by Gasteiger charge is 2.20. The number of carbonyl (C=O) groups excluding carboxylic acids is 1. The molecule has 2 aliphatic rings. The number of ether oxygens (including phenoxy) is 1. The number of pyridine rings is 1. The van der Waals surface area contributed by atoms with Gasteiger partial charge in [0.15, 0.2) is 0 Å². The first-order valence-corrected chi connectivity index (χ1v) is 11.6. The van der Waals surface area contributed by atoms with E-state index in [2.05, 4.69) is 53.3 Å². The summed E-state index contributed by atoms with van der Waals surface area (Å²) in [7, 11) is 1.38. The van der Waals surface area contributed by atoms with Crippen molar-refractivity contribution in [1.82, 2.24) is 4.40 Å². The van der Waals surface area contributed by atoms with Gasteiger partial charge in [0, 0.05) is 17.9 Å². The van der Waals surface area contributed by atoms with Crippen LogP contribution in [0.2, 0.25) is 0 Å². The van der Waals surface area contributed by atoms with Crippen molar-refractivity contribution in [3.05, 3.63) is 107 Å². The van der Waals surface area contributed by atoms with E-state index in [0.29, 0.717) is 12.0 Å². The molecule has 4 nitrogen and oxygen atoms in total. The van der Waals surface area contributed by atoms with Gasteiger partial charge in [0.05, 0.1) is 25.2 Å². The lowest BCUT2D eigenvalue weighted by molar-refractivity contribution is 0.0601. The number of benzene rings is 2. The smallest absolute Gasteiger partial charge is 0.339 e. The third-order valence-electron chi connectivity index (χ3n) is 6.65. The number of methoxy groups -OCH3 is 1. The number of fused-ring (bicyclic) bond motifs is 5. The van der Waals surface area contributed by atoms with E-state index in [9.17, 15) is 4.79 Å². The third kappa shape index (κ3) is 4.13. The predicted octanol–water partition coefficient (Wildman–Crippen LogP) is 6.68. The first-order valence-electron chi connectivity index (χ1n) is 11.6. The number of hydrogen-bond acceptors (Lipinski definition) is 3. The predicted molar refractivity (Wildman–Crippen MR) is 136 cm³/mol. The average Bonchev–Trinajstić information content (AvgIpc) is 3.33. The van der Waals surface area contributed by atoms with Crippen molar-refractivity contribution < 1.29 is 9.53 Å². The van der Waals surface area contributed by atoms with Gasteiger partial charge in [-0.25, -0.2) is 4.79 Å². The molecule has 0 unspecified atom stereocenters. The number of esters is 1. The largest absolute Gasteiger partial charge is 0.465 e. The van der Waals surface area contributed by atoms with E-state index in [1.807, 2.05) is 28.8 Å². The summed E-state index contributed by atoms with van der Waals surface area (Å²) in [6.45, 7) is 0. The molecule has 0 spiro atoms. The quantitative estimate of drug-likeness (QED) is 0.323. The number of hydrogen-bond donors (Lipinski definition) is 0. The molecular weight excluding hydrogens is 420 g/mol. The van der Waals surface area contributed by atoms with Crippen LogP contribution in [0.4, 0.5) is 0 Å². The highest BCUT2D eigenvalue weighted by Crippen LogP contribution is 2.40. The molecule has 34 heavy (non-hydrogen) atoms. The third-order valence-corrected chi connectivity index (χ3v) is 6.65. The minimum Gasteiger partial charge on any atom is -0.465 e. The van der Waals surface area contributed by atoms with E-state index in [0.717, 1.165) is 17.5 Å². The SMILES string of the molecule is COC(=O)c1cc2ccccn2c1.N#CCc1ccc2ccc3c(c2c1)CCC1=C3C=CCC1. The fourth-order valence-corrected chi connectivity index (χ4v) is 4.96. The Bertz CT molecular complexity index is 1460. The molecule has 0 N–H and O–H groups in total. The monoisotopic (exact) mass is 446 g/mol. The minimum absolute atomic E-state index is 0.302. The Morgan fingerprint density at radius 2 is 1.97 bits per heavy atom. The van der Waals surface area contributed by atoms with Gasteiger partial charge < -0.3 is 9.14 Å². The molecule has 2 aromatic heterocycles. The topological polar surface area (TPSA) is 54.5 Å². The maximum Gasteiger partial charge on any atom is 0.339 e. The summed E-state index contributed by atoms with van der Waals surface area (Å²) >= 11 is 0. The van der Waals surface area contributed by atoms with E-state index in [1.165, 1.54) is 53.8 Å². The number of aryl methyl sites for hydroxylation is 1. The zero-order valence-electron chi connectivity index (χ0n) is 19.3. The van der Waals surface area contributed by atoms with Crippen molar-refractivity contribution >= 4 is 27.8 Å². The molecular formula is C30H26N2O2. The van der Waals surface area contributed by atoms with E-state index in [1.54, 1.807) is 17.8 Å². The number of nitrogens with zero attached hydrogens (tertiary/aromatic N) is 2. The highest BCUT2D eigenvalue weighted by atomic mass is 16.5. The normalized spacial score (nSPS) is 14.1. The molecule has 2 aromatic carbocycles. The first kappa shape index (κ1) is 21.7. The Kier molecular flexibility index (Phi) is 6.01. The molecule has 0 amide bonds. The second-order valence-corrected chi connectivity index (χ2v) is 8.69. The number of rotatable bonds is 2. The summed E-state index contributed by atoms with van der Waals surface area (Å²) in [6.07, 6.45) is 13.5. The van der Waals surface area contributed by atoms with Crippen molar-refractivity contribution in [2.75, 3.05) is 7.11 Å². The Morgan fingerprint density at radius 3 is 2.79 bits per heavy atom. The fourth-order valence-electron chi connectivity index (χ4n) is 4.96. The van der Waals surface area contributed by atoms with E-state index in [4.69, 9.17) is 5.26 Å². The molecule has 4 aromatic rings. The summed E-state index contributed by atoms with van der Waals surface area (Å²) in [5.41, 5.74) is 8.65. The summed E-state index contributed by atoms with van der Waals surface area (Å²) in [6, 6.07) is 20.8. The van der Waals surface area contributed by atoms with Gasteiger partial charge in [-0.15, -0.1) is 0 Å². The van der Waals surface area contributed by atoms with Crippen molar-refractivity contribution in [1.29, 1.82) is 5.26 Å². The van der Waals surface area contributed by atoms with Crippen LogP contribution in [0.5, 0.6) is 0 Å². The molecule has 0 atom stereocenters. The molecule has 2 heterocycles. The molecule has 6 rings (SSSR count). The van der Waals surface area contributed by atoms with Gasteiger partial charge in [-0.05, 0) is 83.0 Å². The van der Waals surface area contributed by atoms with Crippen LogP contribution >= 0.6 is 0 Å².